The fourth-order valence-corrected chi connectivity index (χ4v) is 2.47. The van der Waals surface area contributed by atoms with E-state index in [9.17, 15) is 4.39 Å². The Balaban J connectivity index is 2.20. The number of benzene rings is 2. The molecule has 0 bridgehead atoms. The van der Waals surface area contributed by atoms with Gasteiger partial charge in [-0.05, 0) is 29.9 Å². The summed E-state index contributed by atoms with van der Waals surface area (Å²) in [5.41, 5.74) is 1.85. The lowest BCUT2D eigenvalue weighted by Gasteiger charge is -2.28. The molecule has 0 amide bonds. The van der Waals surface area contributed by atoms with E-state index in [1.807, 2.05) is 18.2 Å². The molecule has 0 aromatic heterocycles. The van der Waals surface area contributed by atoms with Crippen LogP contribution in [-0.4, -0.2) is 10.9 Å². The summed E-state index contributed by atoms with van der Waals surface area (Å²) < 4.78 is 13.7. The molecule has 1 atom stereocenters. The van der Waals surface area contributed by atoms with Gasteiger partial charge in [-0.25, -0.2) is 4.39 Å². The monoisotopic (exact) mass is 229 g/mol. The van der Waals surface area contributed by atoms with Crippen LogP contribution in [0.1, 0.15) is 24.3 Å². The zero-order chi connectivity index (χ0) is 11.8. The van der Waals surface area contributed by atoms with Gasteiger partial charge >= 0.3 is 0 Å². The molecule has 1 aliphatic carbocycles. The van der Waals surface area contributed by atoms with E-state index < -0.39 is 0 Å². The van der Waals surface area contributed by atoms with E-state index >= 15 is 0 Å². The fraction of sp³-hybridized carbons (Fsp3) is 0.214. The van der Waals surface area contributed by atoms with E-state index in [-0.39, 0.29) is 11.7 Å². The Morgan fingerprint density at radius 1 is 1.12 bits per heavy atom. The Kier molecular flexibility index (Phi) is 2.32. The third-order valence-electron chi connectivity index (χ3n) is 3.50. The van der Waals surface area contributed by atoms with Crippen molar-refractivity contribution < 1.29 is 9.60 Å². The molecule has 1 fully saturated rings. The second-order valence-corrected chi connectivity index (χ2v) is 4.36. The van der Waals surface area contributed by atoms with Gasteiger partial charge < -0.3 is 5.21 Å². The predicted octanol–water partition coefficient (Wildman–Crippen LogP) is 3.69. The first-order valence-corrected chi connectivity index (χ1v) is 5.69. The maximum Gasteiger partial charge on any atom is 0.131 e. The first-order valence-electron chi connectivity index (χ1n) is 5.69. The molecule has 3 rings (SSSR count). The minimum absolute atomic E-state index is 0.144. The van der Waals surface area contributed by atoms with Crippen molar-refractivity contribution in [2.45, 2.75) is 18.8 Å². The van der Waals surface area contributed by atoms with Crippen molar-refractivity contribution in [2.75, 3.05) is 0 Å². The first kappa shape index (κ1) is 10.3. The van der Waals surface area contributed by atoms with Gasteiger partial charge in [0.25, 0.3) is 0 Å². The number of rotatable bonds is 1. The molecule has 0 spiro atoms. The maximum atomic E-state index is 13.7. The van der Waals surface area contributed by atoms with Crippen LogP contribution in [0.3, 0.4) is 0 Å². The minimum atomic E-state index is -0.203. The summed E-state index contributed by atoms with van der Waals surface area (Å²) in [7, 11) is 0. The van der Waals surface area contributed by atoms with Crippen LogP contribution in [0, 0.1) is 5.82 Å². The lowest BCUT2D eigenvalue weighted by molar-refractivity contribution is 0.310. The van der Waals surface area contributed by atoms with E-state index in [4.69, 9.17) is 5.21 Å². The molecule has 86 valence electrons. The Morgan fingerprint density at radius 2 is 1.88 bits per heavy atom. The maximum absolute atomic E-state index is 13.7. The molecule has 0 heterocycles. The molecule has 0 saturated heterocycles. The number of halogens is 1. The van der Waals surface area contributed by atoms with Gasteiger partial charge in [0, 0.05) is 11.3 Å². The summed E-state index contributed by atoms with van der Waals surface area (Å²) >= 11 is 0. The van der Waals surface area contributed by atoms with E-state index in [0.29, 0.717) is 5.39 Å². The lowest BCUT2D eigenvalue weighted by atomic mass is 9.76. The van der Waals surface area contributed by atoms with Crippen molar-refractivity contribution in [2.24, 2.45) is 5.16 Å². The highest BCUT2D eigenvalue weighted by molar-refractivity contribution is 6.00. The van der Waals surface area contributed by atoms with E-state index in [1.165, 1.54) is 6.07 Å². The van der Waals surface area contributed by atoms with Gasteiger partial charge in [-0.1, -0.05) is 35.5 Å². The molecule has 2 aromatic rings. The van der Waals surface area contributed by atoms with Crippen LogP contribution in [0.4, 0.5) is 4.39 Å². The van der Waals surface area contributed by atoms with Crippen LogP contribution < -0.4 is 0 Å². The molecule has 2 aromatic carbocycles. The molecular formula is C14H12FNO. The zero-order valence-electron chi connectivity index (χ0n) is 9.23. The van der Waals surface area contributed by atoms with Crippen molar-refractivity contribution in [1.29, 1.82) is 0 Å². The Bertz CT molecular complexity index is 606. The van der Waals surface area contributed by atoms with Crippen LogP contribution in [-0.2, 0) is 0 Å². The minimum Gasteiger partial charge on any atom is -0.411 e. The summed E-state index contributed by atoms with van der Waals surface area (Å²) in [6, 6.07) is 10.7. The Hall–Kier alpha value is -1.90. The van der Waals surface area contributed by atoms with Crippen molar-refractivity contribution in [3.8, 4) is 0 Å². The smallest absolute Gasteiger partial charge is 0.131 e. The highest BCUT2D eigenvalue weighted by Crippen LogP contribution is 2.38. The summed E-state index contributed by atoms with van der Waals surface area (Å²) in [5.74, 6) is -0.0586. The van der Waals surface area contributed by atoms with E-state index in [1.54, 1.807) is 12.1 Å². The SMILES string of the molecule is O/N=C1/CCC1c1cccc2c(F)cccc12. The topological polar surface area (TPSA) is 32.6 Å². The molecule has 1 N–H and O–H groups in total. The van der Waals surface area contributed by atoms with Gasteiger partial charge in [0.2, 0.25) is 0 Å². The zero-order valence-corrected chi connectivity index (χ0v) is 9.23. The molecule has 2 nitrogen and oxygen atoms in total. The van der Waals surface area contributed by atoms with Gasteiger partial charge in [-0.15, -0.1) is 0 Å². The lowest BCUT2D eigenvalue weighted by Crippen LogP contribution is -2.23. The summed E-state index contributed by atoms with van der Waals surface area (Å²) in [5, 5.41) is 13.7. The molecule has 0 radical (unpaired) electrons. The number of hydrogen-bond acceptors (Lipinski definition) is 2. The van der Waals surface area contributed by atoms with Crippen molar-refractivity contribution >= 4 is 16.5 Å². The average molecular weight is 229 g/mol. The first-order chi connectivity index (χ1) is 8.31. The van der Waals surface area contributed by atoms with Crippen LogP contribution in [0.5, 0.6) is 0 Å². The molecule has 1 saturated carbocycles. The van der Waals surface area contributed by atoms with Crippen LogP contribution >= 0.6 is 0 Å². The average Bonchev–Trinajstić information content (AvgIpc) is 2.30. The summed E-state index contributed by atoms with van der Waals surface area (Å²) in [4.78, 5) is 0. The van der Waals surface area contributed by atoms with Gasteiger partial charge in [-0.3, -0.25) is 0 Å². The van der Waals surface area contributed by atoms with Crippen LogP contribution in [0.15, 0.2) is 41.6 Å². The third-order valence-corrected chi connectivity index (χ3v) is 3.50. The largest absolute Gasteiger partial charge is 0.411 e. The van der Waals surface area contributed by atoms with E-state index in [0.717, 1.165) is 29.5 Å². The number of oxime groups is 1. The second kappa shape index (κ2) is 3.84. The standard InChI is InChI=1S/C14H12FNO/c15-13-6-2-4-9-10(3-1-5-11(9)13)12-7-8-14(12)16-17/h1-6,12,17H,7-8H2/b16-14-. The molecule has 1 unspecified atom stereocenters. The number of fused-ring (bicyclic) bond motifs is 1. The highest BCUT2D eigenvalue weighted by Gasteiger charge is 2.29. The van der Waals surface area contributed by atoms with E-state index in [2.05, 4.69) is 5.16 Å². The molecule has 1 aliphatic rings. The Labute approximate surface area is 98.4 Å². The van der Waals surface area contributed by atoms with Crippen LogP contribution in [0.2, 0.25) is 0 Å². The quantitative estimate of drug-likeness (QED) is 0.587. The fourth-order valence-electron chi connectivity index (χ4n) is 2.47. The van der Waals surface area contributed by atoms with Crippen molar-refractivity contribution in [1.82, 2.24) is 0 Å². The predicted molar refractivity (Wildman–Crippen MR) is 65.1 cm³/mol. The normalized spacial score (nSPS) is 21.7. The number of hydrogen-bond donors (Lipinski definition) is 1. The number of nitrogens with zero attached hydrogens (tertiary/aromatic N) is 1. The molecule has 17 heavy (non-hydrogen) atoms. The van der Waals surface area contributed by atoms with Gasteiger partial charge in [0.1, 0.15) is 5.82 Å². The van der Waals surface area contributed by atoms with Crippen LogP contribution in [0.25, 0.3) is 10.8 Å². The molecule has 0 aliphatic heterocycles. The van der Waals surface area contributed by atoms with Crippen molar-refractivity contribution in [3.63, 3.8) is 0 Å². The van der Waals surface area contributed by atoms with Gasteiger partial charge in [0.15, 0.2) is 0 Å². The molecule has 3 heteroatoms. The summed E-state index contributed by atoms with van der Waals surface area (Å²) in [6.07, 6.45) is 1.79. The Morgan fingerprint density at radius 3 is 2.59 bits per heavy atom. The van der Waals surface area contributed by atoms with Gasteiger partial charge in [-0.2, -0.15) is 0 Å². The van der Waals surface area contributed by atoms with Gasteiger partial charge in [0.05, 0.1) is 5.71 Å². The van der Waals surface area contributed by atoms with Crippen molar-refractivity contribution in [3.05, 3.63) is 47.8 Å². The third kappa shape index (κ3) is 1.50. The highest BCUT2D eigenvalue weighted by atomic mass is 19.1. The second-order valence-electron chi connectivity index (χ2n) is 4.36. The summed E-state index contributed by atoms with van der Waals surface area (Å²) in [6.45, 7) is 0. The molecular weight excluding hydrogens is 217 g/mol.